The fraction of sp³-hybridized carbons (Fsp3) is 0.444. The predicted octanol–water partition coefficient (Wildman–Crippen LogP) is 4.07. The topological polar surface area (TPSA) is 83.9 Å². The second kappa shape index (κ2) is 7.28. The van der Waals surface area contributed by atoms with Crippen LogP contribution in [-0.2, 0) is 12.1 Å². The third-order valence-electron chi connectivity index (χ3n) is 7.67. The molecule has 5 heteroatoms. The molecular formula is C27H30N4O. The average Bonchev–Trinajstić information content (AvgIpc) is 3.20. The molecule has 0 radical (unpaired) electrons. The first-order valence-corrected chi connectivity index (χ1v) is 11.4. The Bertz CT molecular complexity index is 1190. The third kappa shape index (κ3) is 2.93. The Morgan fingerprint density at radius 2 is 1.81 bits per heavy atom. The van der Waals surface area contributed by atoms with Crippen molar-refractivity contribution in [3.05, 3.63) is 53.3 Å². The summed E-state index contributed by atoms with van der Waals surface area (Å²) in [4.78, 5) is 14.6. The summed E-state index contributed by atoms with van der Waals surface area (Å²) in [6.45, 7) is 8.07. The molecule has 3 aliphatic rings. The minimum atomic E-state index is -0.719. The number of nitrogens with zero attached hydrogens (tertiary/aromatic N) is 3. The number of fused-ring (bicyclic) bond motifs is 3. The van der Waals surface area contributed by atoms with E-state index >= 15 is 0 Å². The standard InChI is InChI=1S/C27H30N4O/c1-5-6-19-9-22(15-29-14-19)20-7-8-21-13-26(11-16(2)24(32)17(3)12-26)27(23(21)10-20)30-18(4)25(28)31-27/h7-10,14-17,24,32H,11-13H2,1-4H3,(H2,28,31). The van der Waals surface area contributed by atoms with Crippen LogP contribution >= 0.6 is 0 Å². The van der Waals surface area contributed by atoms with Crippen LogP contribution in [-0.4, -0.2) is 27.7 Å². The van der Waals surface area contributed by atoms with Crippen LogP contribution in [0.15, 0.2) is 46.6 Å². The van der Waals surface area contributed by atoms with E-state index in [2.05, 4.69) is 54.9 Å². The van der Waals surface area contributed by atoms with Crippen molar-refractivity contribution in [3.8, 4) is 23.0 Å². The molecule has 3 unspecified atom stereocenters. The van der Waals surface area contributed by atoms with E-state index in [4.69, 9.17) is 15.7 Å². The Morgan fingerprint density at radius 1 is 1.06 bits per heavy atom. The molecule has 1 fully saturated rings. The van der Waals surface area contributed by atoms with Crippen LogP contribution < -0.4 is 5.73 Å². The monoisotopic (exact) mass is 426 g/mol. The van der Waals surface area contributed by atoms with Gasteiger partial charge in [-0.25, -0.2) is 4.99 Å². The molecule has 2 spiro atoms. The van der Waals surface area contributed by atoms with Crippen molar-refractivity contribution < 1.29 is 5.11 Å². The zero-order valence-corrected chi connectivity index (χ0v) is 19.2. The highest BCUT2D eigenvalue weighted by Gasteiger charge is 2.62. The Balaban J connectivity index is 1.67. The second-order valence-corrected chi connectivity index (χ2v) is 9.89. The summed E-state index contributed by atoms with van der Waals surface area (Å²) in [5, 5.41) is 10.7. The highest BCUT2D eigenvalue weighted by molar-refractivity contribution is 6.41. The number of pyridine rings is 1. The Hall–Kier alpha value is -2.97. The number of rotatable bonds is 1. The zero-order chi connectivity index (χ0) is 22.7. The van der Waals surface area contributed by atoms with E-state index in [0.29, 0.717) is 5.84 Å². The summed E-state index contributed by atoms with van der Waals surface area (Å²) >= 11 is 0. The molecule has 5 nitrogen and oxygen atoms in total. The van der Waals surface area contributed by atoms with Gasteiger partial charge in [0.1, 0.15) is 5.84 Å². The Labute approximate surface area is 189 Å². The molecule has 0 bridgehead atoms. The van der Waals surface area contributed by atoms with Crippen molar-refractivity contribution in [2.45, 2.75) is 58.7 Å². The fourth-order valence-corrected chi connectivity index (χ4v) is 6.30. The van der Waals surface area contributed by atoms with E-state index in [0.717, 1.165) is 47.2 Å². The van der Waals surface area contributed by atoms with Crippen LogP contribution in [0.2, 0.25) is 0 Å². The van der Waals surface area contributed by atoms with Crippen LogP contribution in [0.4, 0.5) is 0 Å². The van der Waals surface area contributed by atoms with Gasteiger partial charge in [-0.05, 0) is 68.2 Å². The Kier molecular flexibility index (Phi) is 4.76. The smallest absolute Gasteiger partial charge is 0.184 e. The molecule has 1 aromatic heterocycles. The second-order valence-electron chi connectivity index (χ2n) is 9.89. The van der Waals surface area contributed by atoms with E-state index in [1.165, 1.54) is 5.56 Å². The molecule has 1 aromatic carbocycles. The number of aliphatic hydroxyl groups is 1. The molecule has 32 heavy (non-hydrogen) atoms. The number of amidine groups is 1. The summed E-state index contributed by atoms with van der Waals surface area (Å²) in [7, 11) is 0. The maximum atomic E-state index is 10.7. The van der Waals surface area contributed by atoms with Gasteiger partial charge in [0.25, 0.3) is 0 Å². The van der Waals surface area contributed by atoms with Gasteiger partial charge in [0.2, 0.25) is 0 Å². The van der Waals surface area contributed by atoms with Crippen molar-refractivity contribution in [2.75, 3.05) is 0 Å². The van der Waals surface area contributed by atoms with E-state index in [9.17, 15) is 5.11 Å². The van der Waals surface area contributed by atoms with Gasteiger partial charge in [-0.3, -0.25) is 9.98 Å². The molecule has 1 saturated carbocycles. The number of hydrogen-bond donors (Lipinski definition) is 2. The summed E-state index contributed by atoms with van der Waals surface area (Å²) in [6.07, 6.45) is 6.02. The van der Waals surface area contributed by atoms with Crippen LogP contribution in [0.5, 0.6) is 0 Å². The van der Waals surface area contributed by atoms with Crippen molar-refractivity contribution >= 4 is 11.5 Å². The molecule has 3 N–H and O–H groups in total. The van der Waals surface area contributed by atoms with E-state index in [-0.39, 0.29) is 23.4 Å². The summed E-state index contributed by atoms with van der Waals surface area (Å²) in [5.74, 6) is 6.93. The normalized spacial score (nSPS) is 33.0. The minimum Gasteiger partial charge on any atom is -0.393 e. The summed E-state index contributed by atoms with van der Waals surface area (Å²) < 4.78 is 0. The summed E-state index contributed by atoms with van der Waals surface area (Å²) in [5.41, 5.74) is 11.6. The highest BCUT2D eigenvalue weighted by atomic mass is 16.3. The number of benzene rings is 1. The molecule has 2 aliphatic carbocycles. The van der Waals surface area contributed by atoms with Crippen LogP contribution in [0.1, 0.15) is 57.2 Å². The van der Waals surface area contributed by atoms with E-state index < -0.39 is 5.66 Å². The fourth-order valence-electron chi connectivity index (χ4n) is 6.30. The highest BCUT2D eigenvalue weighted by Crippen LogP contribution is 2.63. The lowest BCUT2D eigenvalue weighted by atomic mass is 9.59. The van der Waals surface area contributed by atoms with Gasteiger partial charge in [0, 0.05) is 34.5 Å². The van der Waals surface area contributed by atoms with Crippen LogP contribution in [0.3, 0.4) is 0 Å². The van der Waals surface area contributed by atoms with Crippen molar-refractivity contribution in [1.82, 2.24) is 4.98 Å². The lowest BCUT2D eigenvalue weighted by molar-refractivity contribution is -0.0529. The van der Waals surface area contributed by atoms with Gasteiger partial charge < -0.3 is 10.8 Å². The van der Waals surface area contributed by atoms with E-state index in [1.54, 1.807) is 6.20 Å². The molecule has 0 amide bonds. The number of aliphatic imine (C=N–C) groups is 2. The first-order valence-electron chi connectivity index (χ1n) is 11.4. The third-order valence-corrected chi connectivity index (χ3v) is 7.67. The number of aliphatic hydroxyl groups excluding tert-OH is 1. The summed E-state index contributed by atoms with van der Waals surface area (Å²) in [6, 6.07) is 8.68. The quantitative estimate of drug-likeness (QED) is 0.674. The van der Waals surface area contributed by atoms with Crippen molar-refractivity contribution in [2.24, 2.45) is 33.0 Å². The Morgan fingerprint density at radius 3 is 2.47 bits per heavy atom. The molecular weight excluding hydrogens is 396 g/mol. The molecule has 2 aromatic rings. The van der Waals surface area contributed by atoms with Crippen molar-refractivity contribution in [1.29, 1.82) is 0 Å². The predicted molar refractivity (Wildman–Crippen MR) is 128 cm³/mol. The van der Waals surface area contributed by atoms with Gasteiger partial charge >= 0.3 is 0 Å². The number of aromatic nitrogens is 1. The van der Waals surface area contributed by atoms with Crippen molar-refractivity contribution in [3.63, 3.8) is 0 Å². The van der Waals surface area contributed by atoms with Gasteiger partial charge in [-0.1, -0.05) is 31.9 Å². The largest absolute Gasteiger partial charge is 0.393 e. The maximum absolute atomic E-state index is 10.7. The van der Waals surface area contributed by atoms with E-state index in [1.807, 2.05) is 20.0 Å². The first kappa shape index (κ1) is 20.9. The molecule has 1 aliphatic heterocycles. The maximum Gasteiger partial charge on any atom is 0.184 e. The minimum absolute atomic E-state index is 0.178. The molecule has 164 valence electrons. The van der Waals surface area contributed by atoms with Gasteiger partial charge in [-0.2, -0.15) is 0 Å². The lowest BCUT2D eigenvalue weighted by Gasteiger charge is -2.49. The molecule has 0 saturated heterocycles. The molecule has 2 heterocycles. The van der Waals surface area contributed by atoms with Gasteiger partial charge in [0.15, 0.2) is 5.66 Å². The van der Waals surface area contributed by atoms with Crippen LogP contribution in [0, 0.1) is 29.1 Å². The zero-order valence-electron chi connectivity index (χ0n) is 19.2. The average molecular weight is 427 g/mol. The van der Waals surface area contributed by atoms with Crippen LogP contribution in [0.25, 0.3) is 11.1 Å². The van der Waals surface area contributed by atoms with Gasteiger partial charge in [-0.15, -0.1) is 5.92 Å². The molecule has 3 atom stereocenters. The van der Waals surface area contributed by atoms with Gasteiger partial charge in [0.05, 0.1) is 11.8 Å². The SMILES string of the molecule is CC#Cc1cncc(-c2ccc3c(c2)C2(N=C(C)C(N)=N2)C2(C3)CC(C)C(O)C(C)C2)c1. The lowest BCUT2D eigenvalue weighted by Crippen LogP contribution is -2.49. The molecule has 5 rings (SSSR count). The number of hydrogen-bond acceptors (Lipinski definition) is 5. The number of nitrogens with two attached hydrogens (primary N) is 1. The first-order chi connectivity index (χ1) is 15.3.